The van der Waals surface area contributed by atoms with Crippen LogP contribution in [-0.2, 0) is 11.3 Å². The number of rotatable bonds is 6. The van der Waals surface area contributed by atoms with Crippen LogP contribution in [0.2, 0.25) is 0 Å². The van der Waals surface area contributed by atoms with E-state index in [1.807, 2.05) is 25.2 Å². The minimum absolute atomic E-state index is 0.0888. The summed E-state index contributed by atoms with van der Waals surface area (Å²) in [5, 5.41) is 4.13. The maximum atomic E-state index is 13.2. The molecule has 0 spiro atoms. The average Bonchev–Trinajstić information content (AvgIpc) is 3.14. The van der Waals surface area contributed by atoms with Crippen molar-refractivity contribution < 1.29 is 9.32 Å². The molecule has 1 saturated carbocycles. The summed E-state index contributed by atoms with van der Waals surface area (Å²) in [4.78, 5) is 21.4. The van der Waals surface area contributed by atoms with Crippen molar-refractivity contribution in [1.29, 1.82) is 0 Å². The Bertz CT molecular complexity index is 720. The van der Waals surface area contributed by atoms with Gasteiger partial charge in [-0.2, -0.15) is 0 Å². The lowest BCUT2D eigenvalue weighted by molar-refractivity contribution is -0.136. The van der Waals surface area contributed by atoms with E-state index in [9.17, 15) is 4.79 Å². The maximum absolute atomic E-state index is 13.2. The van der Waals surface area contributed by atoms with Crippen LogP contribution in [0.15, 0.2) is 35.1 Å². The van der Waals surface area contributed by atoms with Gasteiger partial charge in [-0.1, -0.05) is 11.2 Å². The fraction of sp³-hybridized carbons (Fsp3) is 0.526. The highest BCUT2D eigenvalue weighted by Gasteiger charge is 2.33. The van der Waals surface area contributed by atoms with Crippen LogP contribution in [0.4, 0.5) is 0 Å². The third-order valence-corrected chi connectivity index (χ3v) is 5.07. The van der Waals surface area contributed by atoms with Crippen LogP contribution in [0.25, 0.3) is 0 Å². The molecule has 1 atom stereocenters. The zero-order chi connectivity index (χ0) is 17.2. The third kappa shape index (κ3) is 3.58. The highest BCUT2D eigenvalue weighted by atomic mass is 16.5. The summed E-state index contributed by atoms with van der Waals surface area (Å²) < 4.78 is 5.41. The van der Waals surface area contributed by atoms with Gasteiger partial charge in [-0.15, -0.1) is 0 Å². The number of carbonyl (C=O) groups excluding carboxylic acids is 1. The van der Waals surface area contributed by atoms with Crippen molar-refractivity contribution in [3.8, 4) is 0 Å². The van der Waals surface area contributed by atoms with Crippen molar-refractivity contribution >= 4 is 5.91 Å². The fourth-order valence-electron chi connectivity index (χ4n) is 3.54. The van der Waals surface area contributed by atoms with Gasteiger partial charge in [-0.3, -0.25) is 14.7 Å². The zero-order valence-electron chi connectivity index (χ0n) is 14.6. The third-order valence-electron chi connectivity index (χ3n) is 5.07. The van der Waals surface area contributed by atoms with Crippen LogP contribution in [0, 0.1) is 0 Å². The molecule has 4 rings (SSSR count). The normalized spacial score (nSPS) is 19.1. The Morgan fingerprint density at radius 1 is 1.40 bits per heavy atom. The SMILES string of the molecule is CN(Cc1cc(C2CC2)on1)C(=O)C(c1cccnc1)N1CCCC1. The molecule has 1 unspecified atom stereocenters. The maximum Gasteiger partial charge on any atom is 0.244 e. The fourth-order valence-corrected chi connectivity index (χ4v) is 3.54. The first kappa shape index (κ1) is 16.3. The van der Waals surface area contributed by atoms with Gasteiger partial charge in [-0.05, 0) is 50.4 Å². The van der Waals surface area contributed by atoms with Crippen molar-refractivity contribution in [3.63, 3.8) is 0 Å². The second kappa shape index (κ2) is 6.96. The topological polar surface area (TPSA) is 62.5 Å². The van der Waals surface area contributed by atoms with Gasteiger partial charge in [0.25, 0.3) is 0 Å². The highest BCUT2D eigenvalue weighted by Crippen LogP contribution is 2.40. The van der Waals surface area contributed by atoms with Crippen LogP contribution in [0.3, 0.4) is 0 Å². The molecule has 0 bridgehead atoms. The first-order valence-electron chi connectivity index (χ1n) is 9.07. The van der Waals surface area contributed by atoms with Crippen molar-refractivity contribution in [2.75, 3.05) is 20.1 Å². The summed E-state index contributed by atoms with van der Waals surface area (Å²) in [7, 11) is 1.84. The Hall–Kier alpha value is -2.21. The number of hydrogen-bond acceptors (Lipinski definition) is 5. The van der Waals surface area contributed by atoms with Crippen LogP contribution >= 0.6 is 0 Å². The standard InChI is InChI=1S/C19H24N4O2/c1-22(13-16-11-17(25-21-16)14-6-7-14)19(24)18(23-9-2-3-10-23)15-5-4-8-20-12-15/h4-5,8,11-12,14,18H,2-3,6-7,9-10,13H2,1H3. The molecule has 6 heteroatoms. The molecule has 1 aliphatic carbocycles. The Kier molecular flexibility index (Phi) is 4.53. The van der Waals surface area contributed by atoms with Crippen molar-refractivity contribution in [1.82, 2.24) is 19.9 Å². The van der Waals surface area contributed by atoms with E-state index in [-0.39, 0.29) is 11.9 Å². The number of pyridine rings is 1. The number of nitrogens with zero attached hydrogens (tertiary/aromatic N) is 4. The molecule has 1 amide bonds. The Balaban J connectivity index is 1.50. The minimum Gasteiger partial charge on any atom is -0.361 e. The number of hydrogen-bond donors (Lipinski definition) is 0. The number of carbonyl (C=O) groups is 1. The number of aromatic nitrogens is 2. The quantitative estimate of drug-likeness (QED) is 0.809. The van der Waals surface area contributed by atoms with Gasteiger partial charge in [0, 0.05) is 31.4 Å². The lowest BCUT2D eigenvalue weighted by Gasteiger charge is -2.30. The summed E-state index contributed by atoms with van der Waals surface area (Å²) in [5.74, 6) is 1.58. The average molecular weight is 340 g/mol. The van der Waals surface area contributed by atoms with Crippen LogP contribution < -0.4 is 0 Å². The molecule has 2 fully saturated rings. The van der Waals surface area contributed by atoms with Gasteiger partial charge in [0.15, 0.2) is 0 Å². The first-order valence-corrected chi connectivity index (χ1v) is 9.07. The van der Waals surface area contributed by atoms with E-state index < -0.39 is 0 Å². The summed E-state index contributed by atoms with van der Waals surface area (Å²) in [6, 6.07) is 5.61. The van der Waals surface area contributed by atoms with Gasteiger partial charge in [-0.25, -0.2) is 0 Å². The number of likely N-dealkylation sites (N-methyl/N-ethyl adjacent to an activating group) is 1. The molecule has 0 aromatic carbocycles. The molecule has 0 radical (unpaired) electrons. The first-order chi connectivity index (χ1) is 12.2. The highest BCUT2D eigenvalue weighted by molar-refractivity contribution is 5.83. The van der Waals surface area contributed by atoms with E-state index in [1.165, 1.54) is 12.8 Å². The number of likely N-dealkylation sites (tertiary alicyclic amines) is 1. The molecule has 1 saturated heterocycles. The molecule has 132 valence electrons. The molecule has 25 heavy (non-hydrogen) atoms. The smallest absolute Gasteiger partial charge is 0.244 e. The summed E-state index contributed by atoms with van der Waals surface area (Å²) >= 11 is 0. The molecular formula is C19H24N4O2. The molecule has 6 nitrogen and oxygen atoms in total. The van der Waals surface area contributed by atoms with Crippen LogP contribution in [-0.4, -0.2) is 46.0 Å². The van der Waals surface area contributed by atoms with E-state index in [2.05, 4.69) is 15.0 Å². The van der Waals surface area contributed by atoms with E-state index in [0.29, 0.717) is 12.5 Å². The van der Waals surface area contributed by atoms with Crippen molar-refractivity contribution in [2.45, 2.75) is 44.2 Å². The lowest BCUT2D eigenvalue weighted by Crippen LogP contribution is -2.40. The predicted octanol–water partition coefficient (Wildman–Crippen LogP) is 2.74. The van der Waals surface area contributed by atoms with Crippen LogP contribution in [0.1, 0.15) is 54.7 Å². The van der Waals surface area contributed by atoms with E-state index >= 15 is 0 Å². The molecule has 0 N–H and O–H groups in total. The van der Waals surface area contributed by atoms with Gasteiger partial charge < -0.3 is 9.42 Å². The largest absolute Gasteiger partial charge is 0.361 e. The number of amides is 1. The molecule has 2 aliphatic rings. The molecular weight excluding hydrogens is 316 g/mol. The predicted molar refractivity (Wildman–Crippen MR) is 92.7 cm³/mol. The summed E-state index contributed by atoms with van der Waals surface area (Å²) in [5.41, 5.74) is 1.78. The monoisotopic (exact) mass is 340 g/mol. The Morgan fingerprint density at radius 3 is 2.88 bits per heavy atom. The van der Waals surface area contributed by atoms with E-state index in [1.54, 1.807) is 17.3 Å². The second-order valence-corrected chi connectivity index (χ2v) is 7.12. The molecule has 2 aromatic rings. The van der Waals surface area contributed by atoms with Crippen LogP contribution in [0.5, 0.6) is 0 Å². The molecule has 1 aliphatic heterocycles. The lowest BCUT2D eigenvalue weighted by atomic mass is 10.1. The summed E-state index contributed by atoms with van der Waals surface area (Å²) in [6.07, 6.45) is 8.19. The Labute approximate surface area is 147 Å². The Morgan fingerprint density at radius 2 is 2.20 bits per heavy atom. The second-order valence-electron chi connectivity index (χ2n) is 7.12. The summed E-state index contributed by atoms with van der Waals surface area (Å²) in [6.45, 7) is 2.38. The van der Waals surface area contributed by atoms with Crippen molar-refractivity contribution in [2.24, 2.45) is 0 Å². The molecule has 2 aromatic heterocycles. The van der Waals surface area contributed by atoms with Gasteiger partial charge in [0.1, 0.15) is 17.5 Å². The van der Waals surface area contributed by atoms with Gasteiger partial charge >= 0.3 is 0 Å². The zero-order valence-corrected chi connectivity index (χ0v) is 14.6. The van der Waals surface area contributed by atoms with Gasteiger partial charge in [0.2, 0.25) is 5.91 Å². The van der Waals surface area contributed by atoms with E-state index in [0.717, 1.165) is 42.9 Å². The van der Waals surface area contributed by atoms with Crippen molar-refractivity contribution in [3.05, 3.63) is 47.6 Å². The van der Waals surface area contributed by atoms with Gasteiger partial charge in [0.05, 0.1) is 6.54 Å². The minimum atomic E-state index is -0.268. The molecule has 3 heterocycles. The van der Waals surface area contributed by atoms with E-state index in [4.69, 9.17) is 4.52 Å².